The van der Waals surface area contributed by atoms with E-state index in [0.717, 1.165) is 6.67 Å². The van der Waals surface area contributed by atoms with Gasteiger partial charge in [-0.3, -0.25) is 4.55 Å². The molecule has 0 amide bonds. The number of nitrogens with zero attached hydrogens (tertiary/aromatic N) is 2. The Morgan fingerprint density at radius 2 is 2.19 bits per heavy atom. The molecule has 0 aromatic carbocycles. The monoisotopic (exact) mass is 251 g/mol. The largest absolute Gasteiger partial charge is 0.362 e. The molecule has 1 rings (SSSR count). The lowest BCUT2D eigenvalue weighted by Crippen LogP contribution is -2.35. The van der Waals surface area contributed by atoms with Crippen LogP contribution in [0.3, 0.4) is 0 Å². The summed E-state index contributed by atoms with van der Waals surface area (Å²) in [6.07, 6.45) is 4.54. The Kier molecular flexibility index (Phi) is 4.54. The molecule has 0 aromatic heterocycles. The topological polar surface area (TPSA) is 93.1 Å². The molecule has 0 unspecified atom stereocenters. The molecule has 0 fully saturated rings. The smallest absolute Gasteiger partial charge is 0.283 e. The van der Waals surface area contributed by atoms with Crippen molar-refractivity contribution in [3.63, 3.8) is 0 Å². The Labute approximate surface area is 95.0 Å². The highest BCUT2D eigenvalue weighted by Crippen LogP contribution is 2.08. The highest BCUT2D eigenvalue weighted by atomic mass is 32.2. The molecule has 1 heterocycles. The Morgan fingerprint density at radius 1 is 1.50 bits per heavy atom. The van der Waals surface area contributed by atoms with Gasteiger partial charge in [-0.2, -0.15) is 13.9 Å². The number of rotatable bonds is 6. The summed E-state index contributed by atoms with van der Waals surface area (Å²) in [6.45, 7) is 1.44. The molecule has 0 bridgehead atoms. The van der Waals surface area contributed by atoms with Crippen LogP contribution >= 0.6 is 0 Å². The van der Waals surface area contributed by atoms with E-state index in [9.17, 15) is 8.42 Å². The van der Waals surface area contributed by atoms with Gasteiger partial charge < -0.3 is 15.0 Å². The average Bonchev–Trinajstić information content (AvgIpc) is 2.57. The number of hydroxylamine groups is 1. The minimum absolute atomic E-state index is 0.156. The highest BCUT2D eigenvalue weighted by molar-refractivity contribution is 7.86. The van der Waals surface area contributed by atoms with Gasteiger partial charge in [0.15, 0.2) is 5.37 Å². The molecule has 1 aliphatic rings. The van der Waals surface area contributed by atoms with E-state index in [2.05, 4.69) is 0 Å². The second-order valence-corrected chi connectivity index (χ2v) is 5.38. The molecule has 0 aliphatic carbocycles. The van der Waals surface area contributed by atoms with Crippen molar-refractivity contribution in [2.24, 2.45) is 0 Å². The number of hydrogen-bond acceptors (Lipinski definition) is 6. The van der Waals surface area contributed by atoms with Crippen LogP contribution in [0, 0.1) is 0 Å². The lowest BCUT2D eigenvalue weighted by Gasteiger charge is -2.19. The van der Waals surface area contributed by atoms with Gasteiger partial charge in [-0.15, -0.1) is 0 Å². The van der Waals surface area contributed by atoms with E-state index >= 15 is 0 Å². The van der Waals surface area contributed by atoms with Crippen molar-refractivity contribution < 1.29 is 18.2 Å². The van der Waals surface area contributed by atoms with Crippen molar-refractivity contribution in [3.05, 3.63) is 12.4 Å². The summed E-state index contributed by atoms with van der Waals surface area (Å²) in [5.41, 5.74) is 1.59. The third-order valence-electron chi connectivity index (χ3n) is 2.35. The van der Waals surface area contributed by atoms with Crippen LogP contribution in [0.1, 0.15) is 12.8 Å². The van der Waals surface area contributed by atoms with E-state index in [1.807, 2.05) is 29.2 Å². The van der Waals surface area contributed by atoms with Gasteiger partial charge in [0.2, 0.25) is 0 Å². The van der Waals surface area contributed by atoms with E-state index in [4.69, 9.17) is 9.76 Å². The quantitative estimate of drug-likeness (QED) is 0.438. The van der Waals surface area contributed by atoms with E-state index < -0.39 is 15.5 Å². The van der Waals surface area contributed by atoms with Crippen LogP contribution in [-0.2, 0) is 10.1 Å². The molecular formula is C8H17N3O4S. The predicted molar refractivity (Wildman–Crippen MR) is 58.0 cm³/mol. The lowest BCUT2D eigenvalue weighted by molar-refractivity contribution is 0.143. The molecule has 0 saturated heterocycles. The van der Waals surface area contributed by atoms with Crippen molar-refractivity contribution >= 4 is 10.1 Å². The second kappa shape index (κ2) is 5.48. The fraction of sp³-hybridized carbons (Fsp3) is 0.750. The molecule has 8 heteroatoms. The van der Waals surface area contributed by atoms with Crippen LogP contribution in [0.2, 0.25) is 0 Å². The molecule has 7 nitrogen and oxygen atoms in total. The standard InChI is InChI=1S/C8H17N3O4S/c1-10-5-6-11(7-10)4-2-3-8(9-12)16(13,14)15/h5-6,8-9,12H,2-4,7H2,1H3,(H,13,14,15)/t8-/m0/s1. The van der Waals surface area contributed by atoms with Gasteiger partial charge in [0.1, 0.15) is 0 Å². The maximum Gasteiger partial charge on any atom is 0.283 e. The maximum absolute atomic E-state index is 10.7. The zero-order chi connectivity index (χ0) is 12.2. The fourth-order valence-electron chi connectivity index (χ4n) is 1.49. The molecule has 0 saturated carbocycles. The first-order chi connectivity index (χ1) is 7.43. The summed E-state index contributed by atoms with van der Waals surface area (Å²) < 4.78 is 30.2. The molecule has 0 aromatic rings. The highest BCUT2D eigenvalue weighted by Gasteiger charge is 2.21. The summed E-state index contributed by atoms with van der Waals surface area (Å²) in [7, 11) is -2.29. The van der Waals surface area contributed by atoms with Gasteiger partial charge >= 0.3 is 0 Å². The molecule has 1 aliphatic heterocycles. The summed E-state index contributed by atoms with van der Waals surface area (Å²) in [5.74, 6) is 0. The fourth-order valence-corrected chi connectivity index (χ4v) is 2.09. The maximum atomic E-state index is 10.7. The van der Waals surface area contributed by atoms with Crippen molar-refractivity contribution in [1.29, 1.82) is 0 Å². The van der Waals surface area contributed by atoms with Gasteiger partial charge in [-0.1, -0.05) is 0 Å². The summed E-state index contributed by atoms with van der Waals surface area (Å²) >= 11 is 0. The number of hydrogen-bond donors (Lipinski definition) is 3. The van der Waals surface area contributed by atoms with Crippen LogP contribution in [0.15, 0.2) is 12.4 Å². The Bertz CT molecular complexity index is 343. The molecule has 0 spiro atoms. The van der Waals surface area contributed by atoms with Gasteiger partial charge in [0.05, 0.1) is 6.67 Å². The van der Waals surface area contributed by atoms with Gasteiger partial charge in [0.25, 0.3) is 10.1 Å². The summed E-state index contributed by atoms with van der Waals surface area (Å²) in [5, 5.41) is 7.26. The number of nitrogens with one attached hydrogen (secondary N) is 1. The average molecular weight is 251 g/mol. The summed E-state index contributed by atoms with van der Waals surface area (Å²) in [6, 6.07) is 0. The molecule has 94 valence electrons. The predicted octanol–water partition coefficient (Wildman–Crippen LogP) is -0.365. The Balaban J connectivity index is 2.27. The Hall–Kier alpha value is -0.830. The van der Waals surface area contributed by atoms with Gasteiger partial charge in [0, 0.05) is 26.0 Å². The van der Waals surface area contributed by atoms with E-state index in [-0.39, 0.29) is 6.42 Å². The van der Waals surface area contributed by atoms with Crippen LogP contribution in [0.4, 0.5) is 0 Å². The van der Waals surface area contributed by atoms with E-state index in [1.165, 1.54) is 0 Å². The lowest BCUT2D eigenvalue weighted by atomic mass is 10.3. The third kappa shape index (κ3) is 3.97. The van der Waals surface area contributed by atoms with Crippen LogP contribution < -0.4 is 5.48 Å². The Morgan fingerprint density at radius 3 is 2.62 bits per heavy atom. The molecule has 1 atom stereocenters. The SMILES string of the molecule is CN1C=CN(CCC[C@@H](NO)S(=O)(=O)O)C1. The molecule has 16 heavy (non-hydrogen) atoms. The van der Waals surface area contributed by atoms with Gasteiger partial charge in [-0.25, -0.2) is 0 Å². The molecule has 0 radical (unpaired) electrons. The molecular weight excluding hydrogens is 234 g/mol. The normalized spacial score (nSPS) is 18.2. The molecule has 3 N–H and O–H groups in total. The first kappa shape index (κ1) is 13.2. The first-order valence-electron chi connectivity index (χ1n) is 4.92. The second-order valence-electron chi connectivity index (χ2n) is 3.78. The van der Waals surface area contributed by atoms with Crippen molar-refractivity contribution in [3.8, 4) is 0 Å². The van der Waals surface area contributed by atoms with Gasteiger partial charge in [-0.05, 0) is 12.8 Å². The first-order valence-corrected chi connectivity index (χ1v) is 6.42. The minimum atomic E-state index is -4.23. The van der Waals surface area contributed by atoms with E-state index in [1.54, 1.807) is 5.48 Å². The summed E-state index contributed by atoms with van der Waals surface area (Å²) in [4.78, 5) is 4.00. The van der Waals surface area contributed by atoms with Crippen molar-refractivity contribution in [2.45, 2.75) is 18.2 Å². The zero-order valence-corrected chi connectivity index (χ0v) is 9.89. The van der Waals surface area contributed by atoms with Crippen molar-refractivity contribution in [1.82, 2.24) is 15.3 Å². The van der Waals surface area contributed by atoms with Crippen LogP contribution in [0.25, 0.3) is 0 Å². The van der Waals surface area contributed by atoms with Crippen LogP contribution in [0.5, 0.6) is 0 Å². The van der Waals surface area contributed by atoms with Crippen molar-refractivity contribution in [2.75, 3.05) is 20.3 Å². The van der Waals surface area contributed by atoms with E-state index in [0.29, 0.717) is 13.0 Å². The van der Waals surface area contributed by atoms with Crippen LogP contribution in [-0.4, -0.2) is 53.6 Å². The zero-order valence-electron chi connectivity index (χ0n) is 9.07. The minimum Gasteiger partial charge on any atom is -0.362 e. The third-order valence-corrected chi connectivity index (χ3v) is 3.41.